The highest BCUT2D eigenvalue weighted by Crippen LogP contribution is 2.37. The fraction of sp³-hybridized carbons (Fsp3) is 0.278. The van der Waals surface area contributed by atoms with Crippen LogP contribution >= 0.6 is 15.9 Å². The number of aryl methyl sites for hydroxylation is 2. The highest BCUT2D eigenvalue weighted by Gasteiger charge is 2.29. The van der Waals surface area contributed by atoms with Gasteiger partial charge in [-0.2, -0.15) is 0 Å². The fourth-order valence-electron chi connectivity index (χ4n) is 3.17. The van der Waals surface area contributed by atoms with Gasteiger partial charge in [0.1, 0.15) is 0 Å². The summed E-state index contributed by atoms with van der Waals surface area (Å²) in [6.45, 7) is 4.88. The number of benzene rings is 1. The van der Waals surface area contributed by atoms with E-state index >= 15 is 0 Å². The number of hydrogen-bond acceptors (Lipinski definition) is 4. The summed E-state index contributed by atoms with van der Waals surface area (Å²) in [4.78, 5) is 29.9. The van der Waals surface area contributed by atoms with Gasteiger partial charge >= 0.3 is 5.97 Å². The van der Waals surface area contributed by atoms with Crippen molar-refractivity contribution >= 4 is 33.4 Å². The summed E-state index contributed by atoms with van der Waals surface area (Å²) in [5, 5.41) is 9.19. The van der Waals surface area contributed by atoms with E-state index in [0.717, 1.165) is 18.7 Å². The molecule has 0 atom stereocenters. The maximum absolute atomic E-state index is 12.3. The van der Waals surface area contributed by atoms with Gasteiger partial charge in [0.15, 0.2) is 0 Å². The monoisotopic (exact) mass is 388 g/mol. The Labute approximate surface area is 148 Å². The van der Waals surface area contributed by atoms with Crippen molar-refractivity contribution in [1.29, 1.82) is 0 Å². The van der Waals surface area contributed by atoms with E-state index in [2.05, 4.69) is 37.9 Å². The Kier molecular flexibility index (Phi) is 4.41. The molecule has 1 aliphatic rings. The van der Waals surface area contributed by atoms with Crippen LogP contribution in [0.5, 0.6) is 0 Å². The Balaban J connectivity index is 2.14. The molecule has 6 heteroatoms. The number of carbonyl (C=O) groups excluding carboxylic acids is 1. The Morgan fingerprint density at radius 1 is 1.17 bits per heavy atom. The molecule has 1 N–H and O–H groups in total. The molecule has 0 spiro atoms. The first kappa shape index (κ1) is 16.6. The van der Waals surface area contributed by atoms with Crippen LogP contribution in [0.25, 0.3) is 0 Å². The van der Waals surface area contributed by atoms with E-state index in [1.807, 2.05) is 19.1 Å². The first-order valence-corrected chi connectivity index (χ1v) is 8.45. The third kappa shape index (κ3) is 2.82. The predicted octanol–water partition coefficient (Wildman–Crippen LogP) is 3.29. The number of anilines is 1. The molecule has 124 valence electrons. The van der Waals surface area contributed by atoms with Crippen LogP contribution in [0.1, 0.15) is 32.9 Å². The summed E-state index contributed by atoms with van der Waals surface area (Å²) >= 11 is 3.51. The number of aromatic nitrogens is 1. The van der Waals surface area contributed by atoms with Crippen LogP contribution in [-0.4, -0.2) is 28.4 Å². The molecule has 0 unspecified atom stereocenters. The second-order valence-electron chi connectivity index (χ2n) is 5.89. The number of carboxylic acid groups (broad SMARTS) is 1. The molecule has 0 aliphatic carbocycles. The number of carboxylic acids is 1. The molecule has 1 aliphatic heterocycles. The number of Topliss-reactive ketones (excluding diaryl/α,β-unsaturated/α-hetero) is 1. The second-order valence-corrected chi connectivity index (χ2v) is 6.69. The zero-order valence-corrected chi connectivity index (χ0v) is 15.1. The van der Waals surface area contributed by atoms with Crippen LogP contribution < -0.4 is 4.90 Å². The fourth-order valence-corrected chi connectivity index (χ4v) is 3.71. The van der Waals surface area contributed by atoms with E-state index in [9.17, 15) is 14.7 Å². The lowest BCUT2D eigenvalue weighted by Gasteiger charge is -2.33. The summed E-state index contributed by atoms with van der Waals surface area (Å²) in [7, 11) is 0. The molecule has 0 fully saturated rings. The molecule has 0 bridgehead atoms. The number of pyridine rings is 1. The Hall–Kier alpha value is -2.21. The lowest BCUT2D eigenvalue weighted by Crippen LogP contribution is -2.33. The average molecular weight is 389 g/mol. The molecule has 0 saturated heterocycles. The summed E-state index contributed by atoms with van der Waals surface area (Å²) in [6, 6.07) is 8.18. The molecule has 5 nitrogen and oxygen atoms in total. The van der Waals surface area contributed by atoms with E-state index in [4.69, 9.17) is 0 Å². The maximum Gasteiger partial charge on any atom is 0.377 e. The maximum atomic E-state index is 12.3. The zero-order valence-electron chi connectivity index (χ0n) is 13.5. The highest BCUT2D eigenvalue weighted by atomic mass is 79.9. The van der Waals surface area contributed by atoms with Crippen LogP contribution in [0.4, 0.5) is 5.69 Å². The standard InChI is InChI=1S/C18H17BrN2O3/c1-10-14(17(22)18(23)24)16(15(19)11(2)20-10)21-8-7-12-5-3-4-6-13(12)9-21/h3-6H,7-9H2,1-2H3,(H,23,24). The average Bonchev–Trinajstić information content (AvgIpc) is 2.56. The number of hydrogen-bond donors (Lipinski definition) is 1. The Morgan fingerprint density at radius 2 is 1.83 bits per heavy atom. The molecule has 2 heterocycles. The van der Waals surface area contributed by atoms with Crippen molar-refractivity contribution in [3.05, 3.63) is 56.8 Å². The summed E-state index contributed by atoms with van der Waals surface area (Å²) < 4.78 is 0.678. The molecule has 1 aromatic heterocycles. The van der Waals surface area contributed by atoms with Gasteiger partial charge in [-0.1, -0.05) is 24.3 Å². The van der Waals surface area contributed by atoms with E-state index in [1.165, 1.54) is 11.1 Å². The quantitative estimate of drug-likeness (QED) is 0.645. The van der Waals surface area contributed by atoms with Crippen LogP contribution in [0.2, 0.25) is 0 Å². The van der Waals surface area contributed by atoms with Crippen molar-refractivity contribution in [1.82, 2.24) is 4.98 Å². The molecule has 24 heavy (non-hydrogen) atoms. The largest absolute Gasteiger partial charge is 0.475 e. The number of ketones is 1. The Bertz CT molecular complexity index is 848. The van der Waals surface area contributed by atoms with Gasteiger partial charge in [-0.25, -0.2) is 4.79 Å². The van der Waals surface area contributed by atoms with Crippen LogP contribution in [0.15, 0.2) is 28.7 Å². The van der Waals surface area contributed by atoms with Crippen molar-refractivity contribution in [3.8, 4) is 0 Å². The van der Waals surface area contributed by atoms with Crippen LogP contribution in [0, 0.1) is 13.8 Å². The minimum absolute atomic E-state index is 0.166. The molecule has 0 amide bonds. The minimum atomic E-state index is -1.46. The summed E-state index contributed by atoms with van der Waals surface area (Å²) in [5.41, 5.74) is 4.46. The van der Waals surface area contributed by atoms with Gasteiger partial charge in [0.25, 0.3) is 5.78 Å². The number of rotatable bonds is 3. The molecular weight excluding hydrogens is 372 g/mol. The number of aliphatic carboxylic acids is 1. The summed E-state index contributed by atoms with van der Waals surface area (Å²) in [5.74, 6) is -2.39. The van der Waals surface area contributed by atoms with Crippen LogP contribution in [0.3, 0.4) is 0 Å². The molecule has 3 rings (SSSR count). The number of nitrogens with zero attached hydrogens (tertiary/aromatic N) is 2. The number of fused-ring (bicyclic) bond motifs is 1. The van der Waals surface area contributed by atoms with Gasteiger partial charge in [-0.05, 0) is 47.3 Å². The van der Waals surface area contributed by atoms with Crippen molar-refractivity contribution in [2.45, 2.75) is 26.8 Å². The number of carbonyl (C=O) groups is 2. The topological polar surface area (TPSA) is 70.5 Å². The normalized spacial score (nSPS) is 13.5. The Morgan fingerprint density at radius 3 is 2.50 bits per heavy atom. The first-order valence-electron chi connectivity index (χ1n) is 7.66. The van der Waals surface area contributed by atoms with Gasteiger partial charge in [-0.15, -0.1) is 0 Å². The number of halogens is 1. The van der Waals surface area contributed by atoms with Crippen molar-refractivity contribution in [2.24, 2.45) is 0 Å². The van der Waals surface area contributed by atoms with Crippen molar-refractivity contribution in [2.75, 3.05) is 11.4 Å². The lowest BCUT2D eigenvalue weighted by atomic mass is 9.97. The second kappa shape index (κ2) is 6.36. The smallest absolute Gasteiger partial charge is 0.377 e. The lowest BCUT2D eigenvalue weighted by molar-refractivity contribution is -0.131. The van der Waals surface area contributed by atoms with E-state index in [0.29, 0.717) is 22.4 Å². The summed E-state index contributed by atoms with van der Waals surface area (Å²) in [6.07, 6.45) is 0.851. The van der Waals surface area contributed by atoms with Gasteiger partial charge in [0.05, 0.1) is 27.1 Å². The van der Waals surface area contributed by atoms with Gasteiger partial charge in [0.2, 0.25) is 0 Å². The van der Waals surface area contributed by atoms with Gasteiger partial charge in [0, 0.05) is 13.1 Å². The molecule has 1 aromatic carbocycles. The first-order chi connectivity index (χ1) is 11.4. The van der Waals surface area contributed by atoms with E-state index in [-0.39, 0.29) is 5.56 Å². The predicted molar refractivity (Wildman–Crippen MR) is 94.6 cm³/mol. The molecule has 2 aromatic rings. The van der Waals surface area contributed by atoms with Gasteiger partial charge in [-0.3, -0.25) is 9.78 Å². The molecular formula is C18H17BrN2O3. The highest BCUT2D eigenvalue weighted by molar-refractivity contribution is 9.10. The van der Waals surface area contributed by atoms with Gasteiger partial charge < -0.3 is 10.0 Å². The van der Waals surface area contributed by atoms with E-state index < -0.39 is 11.8 Å². The third-order valence-corrected chi connectivity index (χ3v) is 5.28. The van der Waals surface area contributed by atoms with Crippen LogP contribution in [-0.2, 0) is 17.8 Å². The molecule has 0 saturated carbocycles. The zero-order chi connectivity index (χ0) is 17.4. The minimum Gasteiger partial charge on any atom is -0.475 e. The van der Waals surface area contributed by atoms with Crippen molar-refractivity contribution in [3.63, 3.8) is 0 Å². The third-order valence-electron chi connectivity index (χ3n) is 4.33. The molecule has 0 radical (unpaired) electrons. The van der Waals surface area contributed by atoms with Crippen molar-refractivity contribution < 1.29 is 14.7 Å². The SMILES string of the molecule is Cc1nc(C)c(C(=O)C(=O)O)c(N2CCc3ccccc3C2)c1Br. The van der Waals surface area contributed by atoms with E-state index in [1.54, 1.807) is 6.92 Å².